The Balaban J connectivity index is 1.82. The van der Waals surface area contributed by atoms with Crippen molar-refractivity contribution in [2.24, 2.45) is 0 Å². The van der Waals surface area contributed by atoms with Crippen molar-refractivity contribution in [3.63, 3.8) is 0 Å². The molecule has 6 heteroatoms. The predicted molar refractivity (Wildman–Crippen MR) is 142 cm³/mol. The van der Waals surface area contributed by atoms with Gasteiger partial charge in [-0.1, -0.05) is 51.7 Å². The van der Waals surface area contributed by atoms with Crippen molar-refractivity contribution in [3.05, 3.63) is 68.6 Å². The largest absolute Gasteiger partial charge is 0.493 e. The molecule has 36 heavy (non-hydrogen) atoms. The van der Waals surface area contributed by atoms with Gasteiger partial charge in [-0.05, 0) is 61.6 Å². The van der Waals surface area contributed by atoms with Gasteiger partial charge in [0.05, 0.1) is 30.7 Å². The van der Waals surface area contributed by atoms with Crippen molar-refractivity contribution in [2.45, 2.75) is 72.3 Å². The number of ether oxygens (including phenoxy) is 2. The second-order valence-corrected chi connectivity index (χ2v) is 9.70. The fraction of sp³-hybridized carbons (Fsp3) is 0.467. The third kappa shape index (κ3) is 4.86. The summed E-state index contributed by atoms with van der Waals surface area (Å²) in [6, 6.07) is 8.98. The highest BCUT2D eigenvalue weighted by molar-refractivity contribution is 5.99. The lowest BCUT2D eigenvalue weighted by molar-refractivity contribution is 0.0724. The molecular formula is C30H37NO5. The van der Waals surface area contributed by atoms with Crippen LogP contribution in [0.1, 0.15) is 91.2 Å². The average Bonchev–Trinajstić information content (AvgIpc) is 3.13. The zero-order chi connectivity index (χ0) is 25.8. The normalized spacial score (nSPS) is 15.0. The minimum Gasteiger partial charge on any atom is -0.493 e. The number of hydrogen-bond donors (Lipinski definition) is 0. The molecule has 4 rings (SSSR count). The molecule has 3 aromatic rings. The van der Waals surface area contributed by atoms with Crippen LogP contribution in [-0.4, -0.2) is 31.1 Å². The van der Waals surface area contributed by atoms with E-state index in [1.165, 1.54) is 0 Å². The summed E-state index contributed by atoms with van der Waals surface area (Å²) in [6.07, 6.45) is 6.10. The summed E-state index contributed by atoms with van der Waals surface area (Å²) in [6.45, 7) is 9.32. The fourth-order valence-corrected chi connectivity index (χ4v) is 5.13. The first-order chi connectivity index (χ1) is 17.4. The number of rotatable bonds is 11. The van der Waals surface area contributed by atoms with Gasteiger partial charge >= 0.3 is 0 Å². The molecule has 0 saturated carbocycles. The monoisotopic (exact) mass is 491 g/mol. The van der Waals surface area contributed by atoms with E-state index < -0.39 is 6.04 Å². The minimum absolute atomic E-state index is 0.140. The molecule has 0 bridgehead atoms. The molecule has 0 fully saturated rings. The Kier molecular flexibility index (Phi) is 8.02. The molecule has 0 radical (unpaired) electrons. The Hall–Kier alpha value is -3.28. The van der Waals surface area contributed by atoms with Crippen LogP contribution >= 0.6 is 0 Å². The van der Waals surface area contributed by atoms with Crippen LogP contribution in [0.2, 0.25) is 0 Å². The first-order valence-electron chi connectivity index (χ1n) is 13.1. The first kappa shape index (κ1) is 25.8. The second kappa shape index (κ2) is 11.2. The van der Waals surface area contributed by atoms with Crippen LogP contribution in [0.25, 0.3) is 11.0 Å². The number of nitrogens with zero attached hydrogens (tertiary/aromatic N) is 1. The maximum Gasteiger partial charge on any atom is 0.290 e. The number of aryl methyl sites for hydroxylation is 2. The number of hydrogen-bond acceptors (Lipinski definition) is 5. The Morgan fingerprint density at radius 1 is 0.944 bits per heavy atom. The Labute approximate surface area is 213 Å². The molecule has 0 saturated heterocycles. The van der Waals surface area contributed by atoms with E-state index in [1.807, 2.05) is 44.2 Å². The van der Waals surface area contributed by atoms with Crippen molar-refractivity contribution >= 4 is 16.9 Å². The Bertz CT molecular complexity index is 1310. The summed E-state index contributed by atoms with van der Waals surface area (Å²) in [7, 11) is 1.61. The molecule has 1 aliphatic rings. The lowest BCUT2D eigenvalue weighted by Gasteiger charge is -2.26. The smallest absolute Gasteiger partial charge is 0.290 e. The van der Waals surface area contributed by atoms with Crippen LogP contribution in [0.5, 0.6) is 11.5 Å². The van der Waals surface area contributed by atoms with Crippen molar-refractivity contribution in [1.82, 2.24) is 4.90 Å². The second-order valence-electron chi connectivity index (χ2n) is 9.70. The van der Waals surface area contributed by atoms with E-state index in [0.29, 0.717) is 41.2 Å². The van der Waals surface area contributed by atoms with Crippen molar-refractivity contribution in [3.8, 4) is 11.5 Å². The standard InChI is InChI=1S/C30H37NO5/c1-6-8-10-14-31-27(21-12-13-22(23(18-21)34-5)35-15-11-9-7-2)26-28(32)25-20(4)16-19(3)17-24(25)36-29(26)30(31)33/h12-13,16-18,27H,6-11,14-15H2,1-5H3. The number of amides is 1. The highest BCUT2D eigenvalue weighted by atomic mass is 16.5. The van der Waals surface area contributed by atoms with E-state index in [0.717, 1.165) is 55.2 Å². The Morgan fingerprint density at radius 3 is 2.42 bits per heavy atom. The van der Waals surface area contributed by atoms with Crippen molar-refractivity contribution < 1.29 is 18.7 Å². The molecule has 0 N–H and O–H groups in total. The van der Waals surface area contributed by atoms with E-state index in [1.54, 1.807) is 12.0 Å². The van der Waals surface area contributed by atoms with E-state index >= 15 is 0 Å². The molecule has 1 atom stereocenters. The zero-order valence-electron chi connectivity index (χ0n) is 22.1. The summed E-state index contributed by atoms with van der Waals surface area (Å²) < 4.78 is 17.8. The number of carbonyl (C=O) groups is 1. The van der Waals surface area contributed by atoms with Gasteiger partial charge < -0.3 is 18.8 Å². The van der Waals surface area contributed by atoms with Crippen LogP contribution in [-0.2, 0) is 0 Å². The topological polar surface area (TPSA) is 69.0 Å². The van der Waals surface area contributed by atoms with E-state index in [-0.39, 0.29) is 17.1 Å². The maximum absolute atomic E-state index is 13.9. The predicted octanol–water partition coefficient (Wildman–Crippen LogP) is 6.72. The van der Waals surface area contributed by atoms with Crippen LogP contribution in [0.3, 0.4) is 0 Å². The van der Waals surface area contributed by atoms with Gasteiger partial charge in [0, 0.05) is 6.54 Å². The molecule has 6 nitrogen and oxygen atoms in total. The van der Waals surface area contributed by atoms with Gasteiger partial charge in [-0.2, -0.15) is 0 Å². The van der Waals surface area contributed by atoms with Gasteiger partial charge in [-0.3, -0.25) is 9.59 Å². The van der Waals surface area contributed by atoms with Crippen molar-refractivity contribution in [1.29, 1.82) is 0 Å². The van der Waals surface area contributed by atoms with Crippen LogP contribution in [0, 0.1) is 13.8 Å². The summed E-state index contributed by atoms with van der Waals surface area (Å²) >= 11 is 0. The van der Waals surface area contributed by atoms with Gasteiger partial charge in [0.25, 0.3) is 5.91 Å². The lowest BCUT2D eigenvalue weighted by Crippen LogP contribution is -2.30. The first-order valence-corrected chi connectivity index (χ1v) is 13.1. The number of unbranched alkanes of at least 4 members (excludes halogenated alkanes) is 4. The number of fused-ring (bicyclic) bond motifs is 2. The number of methoxy groups -OCH3 is 1. The van der Waals surface area contributed by atoms with Gasteiger partial charge in [0.1, 0.15) is 5.58 Å². The molecular weight excluding hydrogens is 454 g/mol. The molecule has 1 amide bonds. The lowest BCUT2D eigenvalue weighted by atomic mass is 9.96. The zero-order valence-corrected chi connectivity index (χ0v) is 22.1. The highest BCUT2D eigenvalue weighted by Crippen LogP contribution is 2.41. The van der Waals surface area contributed by atoms with E-state index in [4.69, 9.17) is 13.9 Å². The van der Waals surface area contributed by atoms with Crippen LogP contribution in [0.15, 0.2) is 39.5 Å². The van der Waals surface area contributed by atoms with Gasteiger partial charge in [0.15, 0.2) is 16.9 Å². The SMILES string of the molecule is CCCCCOc1ccc(C2c3c(oc4cc(C)cc(C)c4c3=O)C(=O)N2CCCCC)cc1OC. The highest BCUT2D eigenvalue weighted by Gasteiger charge is 2.42. The average molecular weight is 492 g/mol. The van der Waals surface area contributed by atoms with Crippen LogP contribution in [0.4, 0.5) is 0 Å². The third-order valence-corrected chi connectivity index (χ3v) is 6.92. The minimum atomic E-state index is -0.534. The van der Waals surface area contributed by atoms with Crippen LogP contribution < -0.4 is 14.9 Å². The van der Waals surface area contributed by atoms with Gasteiger partial charge in [-0.25, -0.2) is 0 Å². The summed E-state index contributed by atoms with van der Waals surface area (Å²) in [5, 5.41) is 0.537. The Morgan fingerprint density at radius 2 is 1.69 bits per heavy atom. The quantitative estimate of drug-likeness (QED) is 0.278. The fourth-order valence-electron chi connectivity index (χ4n) is 5.13. The van der Waals surface area contributed by atoms with E-state index in [2.05, 4.69) is 13.8 Å². The number of benzene rings is 2. The van der Waals surface area contributed by atoms with Gasteiger partial charge in [0.2, 0.25) is 5.76 Å². The third-order valence-electron chi connectivity index (χ3n) is 6.92. The summed E-state index contributed by atoms with van der Waals surface area (Å²) in [5.74, 6) is 1.17. The van der Waals surface area contributed by atoms with Crippen molar-refractivity contribution in [2.75, 3.05) is 20.3 Å². The summed E-state index contributed by atoms with van der Waals surface area (Å²) in [4.78, 5) is 29.3. The van der Waals surface area contributed by atoms with E-state index in [9.17, 15) is 9.59 Å². The molecule has 2 heterocycles. The molecule has 0 aliphatic carbocycles. The molecule has 1 unspecified atom stereocenters. The molecule has 1 aromatic heterocycles. The van der Waals surface area contributed by atoms with Gasteiger partial charge in [-0.15, -0.1) is 0 Å². The molecule has 1 aliphatic heterocycles. The molecule has 2 aromatic carbocycles. The molecule has 192 valence electrons. The molecule has 0 spiro atoms. The summed E-state index contributed by atoms with van der Waals surface area (Å²) in [5.41, 5.74) is 3.39. The maximum atomic E-state index is 13.9. The number of carbonyl (C=O) groups excluding carboxylic acids is 1.